The maximum Gasteiger partial charge on any atom is 0.303 e. The van der Waals surface area contributed by atoms with E-state index in [1.165, 1.54) is 16.7 Å². The first kappa shape index (κ1) is 25.5. The molecule has 0 spiro atoms. The third-order valence-electron chi connectivity index (χ3n) is 6.96. The molecule has 1 heterocycles. The molecule has 0 radical (unpaired) electrons. The molecule has 0 aliphatic carbocycles. The lowest BCUT2D eigenvalue weighted by Gasteiger charge is -2.28. The van der Waals surface area contributed by atoms with E-state index in [0.29, 0.717) is 6.61 Å². The number of carboxylic acids is 1. The maximum atomic E-state index is 11.1. The van der Waals surface area contributed by atoms with Gasteiger partial charge >= 0.3 is 5.97 Å². The van der Waals surface area contributed by atoms with Crippen molar-refractivity contribution in [2.75, 3.05) is 13.1 Å². The molecule has 2 atom stereocenters. The summed E-state index contributed by atoms with van der Waals surface area (Å²) in [4.78, 5) is 13.7. The molecule has 1 aliphatic rings. The van der Waals surface area contributed by atoms with Gasteiger partial charge in [-0.05, 0) is 65.6 Å². The predicted octanol–water partition coefficient (Wildman–Crippen LogP) is 6.08. The van der Waals surface area contributed by atoms with E-state index < -0.39 is 5.97 Å². The monoisotopic (exact) mass is 481 g/mol. The van der Waals surface area contributed by atoms with Crippen LogP contribution >= 0.6 is 0 Å². The van der Waals surface area contributed by atoms with Crippen molar-refractivity contribution in [1.29, 1.82) is 0 Å². The molecule has 4 rings (SSSR count). The van der Waals surface area contributed by atoms with Gasteiger partial charge in [0, 0.05) is 32.0 Å². The van der Waals surface area contributed by atoms with Gasteiger partial charge in [-0.3, -0.25) is 9.69 Å². The third-order valence-corrected chi connectivity index (χ3v) is 6.96. The summed E-state index contributed by atoms with van der Waals surface area (Å²) in [5.41, 5.74) is 6.47. The Labute approximate surface area is 214 Å². The summed E-state index contributed by atoms with van der Waals surface area (Å²) in [6, 6.07) is 25.4. The Morgan fingerprint density at radius 2 is 1.69 bits per heavy atom. The van der Waals surface area contributed by atoms with E-state index in [1.807, 2.05) is 31.2 Å². The first-order valence-electron chi connectivity index (χ1n) is 12.8. The molecule has 0 saturated carbocycles. The van der Waals surface area contributed by atoms with Crippen LogP contribution in [-0.4, -0.2) is 29.1 Å². The van der Waals surface area contributed by atoms with Gasteiger partial charge in [0.25, 0.3) is 0 Å². The van der Waals surface area contributed by atoms with Crippen LogP contribution in [0.15, 0.2) is 72.8 Å². The molecule has 3 aromatic rings. The molecular formula is C32H35NO3. The molecule has 1 N–H and O–H groups in total. The summed E-state index contributed by atoms with van der Waals surface area (Å²) in [5, 5.41) is 9.14. The topological polar surface area (TPSA) is 49.8 Å². The van der Waals surface area contributed by atoms with Crippen LogP contribution in [0.1, 0.15) is 54.0 Å². The van der Waals surface area contributed by atoms with Crippen LogP contribution in [0.2, 0.25) is 0 Å². The Balaban J connectivity index is 1.26. The Morgan fingerprint density at radius 1 is 1.00 bits per heavy atom. The van der Waals surface area contributed by atoms with Crippen molar-refractivity contribution in [3.05, 3.63) is 101 Å². The highest BCUT2D eigenvalue weighted by molar-refractivity contribution is 5.67. The van der Waals surface area contributed by atoms with Crippen LogP contribution in [0.3, 0.4) is 0 Å². The Bertz CT molecular complexity index is 1200. The molecule has 4 heteroatoms. The number of fused-ring (bicyclic) bond motifs is 1. The maximum absolute atomic E-state index is 11.1. The van der Waals surface area contributed by atoms with Gasteiger partial charge in [0.2, 0.25) is 0 Å². The van der Waals surface area contributed by atoms with Crippen molar-refractivity contribution in [2.24, 2.45) is 5.92 Å². The second-order valence-electron chi connectivity index (χ2n) is 9.67. The number of ether oxygens (including phenoxy) is 1. The molecular weight excluding hydrogens is 446 g/mol. The minimum absolute atomic E-state index is 0.0639. The van der Waals surface area contributed by atoms with Gasteiger partial charge in [-0.1, -0.05) is 73.5 Å². The molecule has 0 bridgehead atoms. The summed E-state index contributed by atoms with van der Waals surface area (Å²) >= 11 is 0. The van der Waals surface area contributed by atoms with Gasteiger partial charge < -0.3 is 9.84 Å². The first-order chi connectivity index (χ1) is 17.5. The molecule has 1 unspecified atom stereocenters. The Hall–Kier alpha value is -3.55. The zero-order valence-corrected chi connectivity index (χ0v) is 21.2. The van der Waals surface area contributed by atoms with Crippen LogP contribution in [0, 0.1) is 17.8 Å². The van der Waals surface area contributed by atoms with Gasteiger partial charge in [-0.15, -0.1) is 5.92 Å². The first-order valence-corrected chi connectivity index (χ1v) is 12.8. The number of hydrogen-bond donors (Lipinski definition) is 1. The fourth-order valence-corrected chi connectivity index (χ4v) is 4.88. The third kappa shape index (κ3) is 6.99. The van der Waals surface area contributed by atoms with Crippen molar-refractivity contribution in [3.63, 3.8) is 0 Å². The number of aliphatic carboxylic acids is 1. The summed E-state index contributed by atoms with van der Waals surface area (Å²) in [7, 11) is 0. The van der Waals surface area contributed by atoms with Crippen LogP contribution in [-0.2, 0) is 30.8 Å². The zero-order chi connectivity index (χ0) is 25.3. The van der Waals surface area contributed by atoms with E-state index in [9.17, 15) is 4.79 Å². The summed E-state index contributed by atoms with van der Waals surface area (Å²) in [6.07, 6.45) is 2.29. The number of nitrogens with zero attached hydrogens (tertiary/aromatic N) is 1. The van der Waals surface area contributed by atoms with E-state index in [1.54, 1.807) is 6.92 Å². The Morgan fingerprint density at radius 3 is 2.39 bits per heavy atom. The van der Waals surface area contributed by atoms with Crippen LogP contribution in [0.25, 0.3) is 0 Å². The molecule has 36 heavy (non-hydrogen) atoms. The van der Waals surface area contributed by atoms with Crippen molar-refractivity contribution in [3.8, 4) is 17.6 Å². The number of hydrogen-bond acceptors (Lipinski definition) is 3. The largest absolute Gasteiger partial charge is 0.489 e. The van der Waals surface area contributed by atoms with Crippen molar-refractivity contribution in [2.45, 2.75) is 52.2 Å². The smallest absolute Gasteiger partial charge is 0.303 e. The van der Waals surface area contributed by atoms with Gasteiger partial charge in [-0.25, -0.2) is 0 Å². The van der Waals surface area contributed by atoms with Gasteiger partial charge in [-0.2, -0.15) is 0 Å². The number of carboxylic acid groups (broad SMARTS) is 1. The van der Waals surface area contributed by atoms with E-state index in [-0.39, 0.29) is 18.3 Å². The number of rotatable bonds is 10. The fraction of sp³-hybridized carbons (Fsp3) is 0.344. The lowest BCUT2D eigenvalue weighted by molar-refractivity contribution is -0.138. The molecule has 0 aromatic heterocycles. The quantitative estimate of drug-likeness (QED) is 0.356. The molecule has 0 fully saturated rings. The highest BCUT2D eigenvalue weighted by atomic mass is 16.5. The van der Waals surface area contributed by atoms with Crippen LogP contribution in [0.4, 0.5) is 0 Å². The standard InChI is InChI=1S/C32H35NO3/c1-3-6-31(24(2)21-32(34)35)28-13-15-30(16-14-28)36-23-26-11-9-25(10-12-26)17-19-33-20-18-27-7-4-5-8-29(27)22-33/h4-5,7-16,24,31H,17-23H2,1-2H3,(H,34,35)/t24?,31-/m0/s1. The van der Waals surface area contributed by atoms with Crippen LogP contribution < -0.4 is 4.74 Å². The van der Waals surface area contributed by atoms with E-state index in [4.69, 9.17) is 9.84 Å². The highest BCUT2D eigenvalue weighted by Crippen LogP contribution is 2.28. The molecule has 186 valence electrons. The van der Waals surface area contributed by atoms with E-state index in [0.717, 1.165) is 49.4 Å². The van der Waals surface area contributed by atoms with Crippen molar-refractivity contribution >= 4 is 5.97 Å². The zero-order valence-electron chi connectivity index (χ0n) is 21.2. The second kappa shape index (κ2) is 12.4. The van der Waals surface area contributed by atoms with Gasteiger partial charge in [0.1, 0.15) is 12.4 Å². The van der Waals surface area contributed by atoms with E-state index in [2.05, 4.69) is 65.3 Å². The van der Waals surface area contributed by atoms with Gasteiger partial charge in [0.15, 0.2) is 0 Å². The second-order valence-corrected chi connectivity index (χ2v) is 9.67. The van der Waals surface area contributed by atoms with Crippen LogP contribution in [0.5, 0.6) is 5.75 Å². The molecule has 3 aromatic carbocycles. The predicted molar refractivity (Wildman–Crippen MR) is 144 cm³/mol. The minimum Gasteiger partial charge on any atom is -0.489 e. The molecule has 0 amide bonds. The minimum atomic E-state index is -0.798. The average Bonchev–Trinajstić information content (AvgIpc) is 2.90. The Kier molecular flexibility index (Phi) is 8.81. The van der Waals surface area contributed by atoms with Gasteiger partial charge in [0.05, 0.1) is 0 Å². The lowest BCUT2D eigenvalue weighted by Crippen LogP contribution is -2.32. The lowest BCUT2D eigenvalue weighted by atomic mass is 9.85. The SMILES string of the molecule is CC#C[C@H](c1ccc(OCc2ccc(CCN3CCc4ccccc4C3)cc2)cc1)C(C)CC(=O)O. The molecule has 0 saturated heterocycles. The highest BCUT2D eigenvalue weighted by Gasteiger charge is 2.20. The fourth-order valence-electron chi connectivity index (χ4n) is 4.88. The number of benzene rings is 3. The summed E-state index contributed by atoms with van der Waals surface area (Å²) in [5.74, 6) is 5.93. The van der Waals surface area contributed by atoms with Crippen molar-refractivity contribution < 1.29 is 14.6 Å². The molecule has 4 nitrogen and oxygen atoms in total. The average molecular weight is 482 g/mol. The van der Waals surface area contributed by atoms with Crippen molar-refractivity contribution in [1.82, 2.24) is 4.90 Å². The van der Waals surface area contributed by atoms with E-state index >= 15 is 0 Å². The normalized spacial score (nSPS) is 14.7. The summed E-state index contributed by atoms with van der Waals surface area (Å²) in [6.45, 7) is 7.48. The summed E-state index contributed by atoms with van der Waals surface area (Å²) < 4.78 is 6.00. The number of carbonyl (C=O) groups is 1. The molecule has 1 aliphatic heterocycles.